The molecule has 0 aliphatic carbocycles. The van der Waals surface area contributed by atoms with Crippen LogP contribution in [0.15, 0.2) is 45.3 Å². The molecule has 21 heavy (non-hydrogen) atoms. The third kappa shape index (κ3) is 4.99. The van der Waals surface area contributed by atoms with Gasteiger partial charge in [0.25, 0.3) is 5.91 Å². The van der Waals surface area contributed by atoms with E-state index in [4.69, 9.17) is 4.74 Å². The van der Waals surface area contributed by atoms with Crippen LogP contribution in [-0.2, 0) is 11.2 Å². The summed E-state index contributed by atoms with van der Waals surface area (Å²) in [4.78, 5) is 12.6. The van der Waals surface area contributed by atoms with Crippen molar-refractivity contribution in [2.24, 2.45) is 5.10 Å². The molecule has 1 aromatic carbocycles. The number of nitrogens with zero attached hydrogens (tertiary/aromatic N) is 1. The maximum atomic E-state index is 11.7. The number of benzene rings is 1. The van der Waals surface area contributed by atoms with Gasteiger partial charge in [-0.2, -0.15) is 5.10 Å². The molecule has 0 atom stereocenters. The zero-order valence-corrected chi connectivity index (χ0v) is 13.9. The summed E-state index contributed by atoms with van der Waals surface area (Å²) in [7, 11) is 0. The van der Waals surface area contributed by atoms with Crippen LogP contribution in [0.1, 0.15) is 17.4 Å². The molecule has 0 fully saturated rings. The maximum Gasteiger partial charge on any atom is 0.277 e. The van der Waals surface area contributed by atoms with E-state index in [2.05, 4.69) is 26.5 Å². The summed E-state index contributed by atoms with van der Waals surface area (Å²) in [5.74, 6) is 0.436. The molecule has 0 aliphatic heterocycles. The second kappa shape index (κ2) is 7.95. The summed E-state index contributed by atoms with van der Waals surface area (Å²) < 4.78 is 6.53. The normalized spacial score (nSPS) is 10.8. The van der Waals surface area contributed by atoms with Crippen LogP contribution in [0.3, 0.4) is 0 Å². The van der Waals surface area contributed by atoms with Crippen LogP contribution in [0.25, 0.3) is 0 Å². The van der Waals surface area contributed by atoms with Crippen LogP contribution in [0.5, 0.6) is 5.75 Å². The molecule has 2 aromatic rings. The van der Waals surface area contributed by atoms with E-state index in [-0.39, 0.29) is 12.5 Å². The lowest BCUT2D eigenvalue weighted by Gasteiger charge is -2.09. The Hall–Kier alpha value is -1.66. The van der Waals surface area contributed by atoms with Crippen molar-refractivity contribution in [3.63, 3.8) is 0 Å². The molecule has 2 rings (SSSR count). The molecular formula is C15H15BrN2O2S. The minimum Gasteiger partial charge on any atom is -0.483 e. The Labute approximate surface area is 136 Å². The standard InChI is InChI=1S/C15H15BrN2O2S/c1-2-11-8-12(16)5-6-14(11)20-10-15(19)18-17-9-13-4-3-7-21-13/h3-9H,2,10H2,1H3,(H,18,19)/b17-9+. The van der Waals surface area contributed by atoms with E-state index in [1.807, 2.05) is 42.6 Å². The SMILES string of the molecule is CCc1cc(Br)ccc1OCC(=O)N/N=C/c1cccs1. The van der Waals surface area contributed by atoms with Crippen LogP contribution in [-0.4, -0.2) is 18.7 Å². The van der Waals surface area contributed by atoms with E-state index >= 15 is 0 Å². The number of hydrazone groups is 1. The van der Waals surface area contributed by atoms with E-state index in [9.17, 15) is 4.79 Å². The highest BCUT2D eigenvalue weighted by molar-refractivity contribution is 9.10. The first kappa shape index (κ1) is 15.7. The average molecular weight is 367 g/mol. The zero-order chi connectivity index (χ0) is 15.1. The van der Waals surface area contributed by atoms with Crippen LogP contribution in [0, 0.1) is 0 Å². The summed E-state index contributed by atoms with van der Waals surface area (Å²) in [6.07, 6.45) is 2.45. The second-order valence-corrected chi connectivity index (χ2v) is 6.10. The Balaban J connectivity index is 1.84. The quantitative estimate of drug-likeness (QED) is 0.627. The second-order valence-electron chi connectivity index (χ2n) is 4.20. The average Bonchev–Trinajstić information content (AvgIpc) is 2.99. The van der Waals surface area contributed by atoms with Gasteiger partial charge >= 0.3 is 0 Å². The number of ether oxygens (including phenoxy) is 1. The predicted molar refractivity (Wildman–Crippen MR) is 89.1 cm³/mol. The first-order valence-corrected chi connectivity index (χ1v) is 8.13. The number of aryl methyl sites for hydroxylation is 1. The Morgan fingerprint density at radius 3 is 3.05 bits per heavy atom. The number of hydrogen-bond donors (Lipinski definition) is 1. The number of thiophene rings is 1. The number of nitrogens with one attached hydrogen (secondary N) is 1. The smallest absolute Gasteiger partial charge is 0.277 e. The van der Waals surface area contributed by atoms with E-state index in [0.717, 1.165) is 27.1 Å². The number of amides is 1. The molecule has 0 aliphatic rings. The van der Waals surface area contributed by atoms with Crippen molar-refractivity contribution in [3.05, 3.63) is 50.6 Å². The summed E-state index contributed by atoms with van der Waals surface area (Å²) in [6.45, 7) is 1.98. The molecule has 0 unspecified atom stereocenters. The first-order chi connectivity index (χ1) is 10.2. The molecule has 1 aromatic heterocycles. The fourth-order valence-electron chi connectivity index (χ4n) is 1.67. The summed E-state index contributed by atoms with van der Waals surface area (Å²) in [5.41, 5.74) is 3.50. The van der Waals surface area contributed by atoms with E-state index in [0.29, 0.717) is 0 Å². The molecule has 0 bridgehead atoms. The fraction of sp³-hybridized carbons (Fsp3) is 0.200. The highest BCUT2D eigenvalue weighted by Gasteiger charge is 2.06. The third-order valence-electron chi connectivity index (χ3n) is 2.69. The zero-order valence-electron chi connectivity index (χ0n) is 11.5. The van der Waals surface area contributed by atoms with Crippen molar-refractivity contribution in [2.75, 3.05) is 6.61 Å². The fourth-order valence-corrected chi connectivity index (χ4v) is 2.67. The Bertz CT molecular complexity index is 627. The van der Waals surface area contributed by atoms with Gasteiger partial charge in [-0.25, -0.2) is 5.43 Å². The number of hydrogen-bond acceptors (Lipinski definition) is 4. The van der Waals surface area contributed by atoms with E-state index in [1.54, 1.807) is 17.6 Å². The van der Waals surface area contributed by atoms with Gasteiger partial charge in [0.15, 0.2) is 6.61 Å². The molecular weight excluding hydrogens is 352 g/mol. The molecule has 0 radical (unpaired) electrons. The number of rotatable bonds is 6. The van der Waals surface area contributed by atoms with Crippen molar-refractivity contribution >= 4 is 39.4 Å². The van der Waals surface area contributed by atoms with E-state index < -0.39 is 0 Å². The first-order valence-electron chi connectivity index (χ1n) is 6.45. The Kier molecular flexibility index (Phi) is 5.95. The largest absolute Gasteiger partial charge is 0.483 e. The van der Waals surface area contributed by atoms with Gasteiger partial charge in [-0.15, -0.1) is 11.3 Å². The van der Waals surface area contributed by atoms with Gasteiger partial charge < -0.3 is 4.74 Å². The van der Waals surface area contributed by atoms with Crippen molar-refractivity contribution < 1.29 is 9.53 Å². The summed E-state index contributed by atoms with van der Waals surface area (Å²) >= 11 is 4.97. The molecule has 0 saturated heterocycles. The number of carbonyl (C=O) groups is 1. The predicted octanol–water partition coefficient (Wildman–Crippen LogP) is 3.60. The highest BCUT2D eigenvalue weighted by Crippen LogP contribution is 2.23. The van der Waals surface area contributed by atoms with E-state index in [1.165, 1.54) is 0 Å². The molecule has 110 valence electrons. The Morgan fingerprint density at radius 1 is 1.48 bits per heavy atom. The number of halogens is 1. The monoisotopic (exact) mass is 366 g/mol. The summed E-state index contributed by atoms with van der Waals surface area (Å²) in [6, 6.07) is 9.58. The van der Waals surface area contributed by atoms with Crippen LogP contribution >= 0.6 is 27.3 Å². The van der Waals surface area contributed by atoms with Gasteiger partial charge in [0.05, 0.1) is 6.21 Å². The van der Waals surface area contributed by atoms with Crippen LogP contribution in [0.2, 0.25) is 0 Å². The van der Waals surface area contributed by atoms with Crippen molar-refractivity contribution in [1.29, 1.82) is 0 Å². The minimum atomic E-state index is -0.284. The van der Waals surface area contributed by atoms with Gasteiger partial charge in [-0.3, -0.25) is 4.79 Å². The van der Waals surface area contributed by atoms with Gasteiger partial charge in [0, 0.05) is 9.35 Å². The van der Waals surface area contributed by atoms with Gasteiger partial charge in [-0.1, -0.05) is 28.9 Å². The van der Waals surface area contributed by atoms with Gasteiger partial charge in [-0.05, 0) is 41.6 Å². The van der Waals surface area contributed by atoms with Crippen molar-refractivity contribution in [1.82, 2.24) is 5.43 Å². The summed E-state index contributed by atoms with van der Waals surface area (Å²) in [5, 5.41) is 5.83. The minimum absolute atomic E-state index is 0.0591. The topological polar surface area (TPSA) is 50.7 Å². The third-order valence-corrected chi connectivity index (χ3v) is 3.99. The molecule has 0 spiro atoms. The van der Waals surface area contributed by atoms with Crippen LogP contribution in [0.4, 0.5) is 0 Å². The van der Waals surface area contributed by atoms with Crippen molar-refractivity contribution in [2.45, 2.75) is 13.3 Å². The molecule has 1 amide bonds. The molecule has 1 heterocycles. The van der Waals surface area contributed by atoms with Crippen LogP contribution < -0.4 is 10.2 Å². The molecule has 0 saturated carbocycles. The lowest BCUT2D eigenvalue weighted by Crippen LogP contribution is -2.24. The highest BCUT2D eigenvalue weighted by atomic mass is 79.9. The molecule has 4 nitrogen and oxygen atoms in total. The number of carbonyl (C=O) groups excluding carboxylic acids is 1. The molecule has 6 heteroatoms. The molecule has 1 N–H and O–H groups in total. The van der Waals surface area contributed by atoms with Crippen molar-refractivity contribution in [3.8, 4) is 5.75 Å². The maximum absolute atomic E-state index is 11.7. The Morgan fingerprint density at radius 2 is 2.33 bits per heavy atom. The lowest BCUT2D eigenvalue weighted by molar-refractivity contribution is -0.123. The van der Waals surface area contributed by atoms with Gasteiger partial charge in [0.1, 0.15) is 5.75 Å². The van der Waals surface area contributed by atoms with Gasteiger partial charge in [0.2, 0.25) is 0 Å². The lowest BCUT2D eigenvalue weighted by atomic mass is 10.1.